The van der Waals surface area contributed by atoms with Gasteiger partial charge in [0.15, 0.2) is 12.4 Å². The summed E-state index contributed by atoms with van der Waals surface area (Å²) in [5, 5.41) is 22.4. The summed E-state index contributed by atoms with van der Waals surface area (Å²) in [5.41, 5.74) is -5.30. The maximum absolute atomic E-state index is 17.2. The SMILES string of the molecule is CC(=O)OCC(=O)[C@@]1(O)[C@@H](C)C[C@H]2C3CCC4=CC(=O)C=C[C@@]45C(C[C@@H](O[N+](=O)[O-])C[C@@]21C)[C@@]35F. The van der Waals surface area contributed by atoms with Crippen LogP contribution in [0.25, 0.3) is 0 Å². The standard InChI is InChI=1S/C25H30FNO8/c1-13-8-19-18-5-4-15-9-16(29)6-7-23(15)20(24(18,23)26)10-17(35-27(32)33)11-22(19,3)25(13,31)21(30)12-34-14(2)28/h6-7,9,13,17-20,31H,4-5,8,10-12H2,1-3H3/t13-,17+,18?,19-,20?,22-,23-,24-,25-/m0/s1. The molecule has 0 radical (unpaired) electrons. The maximum atomic E-state index is 17.2. The maximum Gasteiger partial charge on any atom is 0.303 e. The highest BCUT2D eigenvalue weighted by atomic mass is 19.1. The molecule has 0 aromatic carbocycles. The van der Waals surface area contributed by atoms with Gasteiger partial charge >= 0.3 is 5.97 Å². The first-order valence-corrected chi connectivity index (χ1v) is 12.2. The Morgan fingerprint density at radius 1 is 1.31 bits per heavy atom. The number of alkyl halides is 1. The molecule has 9 atom stereocenters. The van der Waals surface area contributed by atoms with Crippen LogP contribution in [-0.2, 0) is 24.0 Å². The van der Waals surface area contributed by atoms with Crippen LogP contribution in [0.15, 0.2) is 23.8 Å². The molecule has 4 fully saturated rings. The van der Waals surface area contributed by atoms with Gasteiger partial charge in [0.2, 0.25) is 5.78 Å². The number of ketones is 2. The molecule has 10 heteroatoms. The van der Waals surface area contributed by atoms with Crippen molar-refractivity contribution in [2.24, 2.45) is 34.5 Å². The molecule has 5 aliphatic carbocycles. The van der Waals surface area contributed by atoms with Crippen LogP contribution in [0.5, 0.6) is 0 Å². The van der Waals surface area contributed by atoms with E-state index in [9.17, 15) is 29.6 Å². The van der Waals surface area contributed by atoms with E-state index >= 15 is 4.39 Å². The van der Waals surface area contributed by atoms with Crippen molar-refractivity contribution in [3.63, 3.8) is 0 Å². The number of carbonyl (C=O) groups excluding carboxylic acids is 3. The molecule has 0 bridgehead atoms. The predicted molar refractivity (Wildman–Crippen MR) is 118 cm³/mol. The van der Waals surface area contributed by atoms with Gasteiger partial charge in [0.05, 0.1) is 5.41 Å². The molecule has 0 aliphatic heterocycles. The number of ether oxygens (including phenoxy) is 1. The number of allylic oxidation sites excluding steroid dienone is 4. The molecule has 0 aromatic rings. The van der Waals surface area contributed by atoms with Gasteiger partial charge in [0, 0.05) is 18.3 Å². The van der Waals surface area contributed by atoms with Crippen molar-refractivity contribution in [3.05, 3.63) is 33.9 Å². The lowest BCUT2D eigenvalue weighted by Gasteiger charge is -2.49. The summed E-state index contributed by atoms with van der Waals surface area (Å²) in [7, 11) is 0. The molecule has 0 amide bonds. The second-order valence-electron chi connectivity index (χ2n) is 11.3. The highest BCUT2D eigenvalue weighted by Gasteiger charge is 2.85. The number of nitrogens with zero attached hydrogens (tertiary/aromatic N) is 1. The summed E-state index contributed by atoms with van der Waals surface area (Å²) in [6.45, 7) is 3.93. The largest absolute Gasteiger partial charge is 0.458 e. The fourth-order valence-corrected chi connectivity index (χ4v) is 8.62. The van der Waals surface area contributed by atoms with Crippen molar-refractivity contribution in [2.75, 3.05) is 6.61 Å². The zero-order valence-electron chi connectivity index (χ0n) is 20.0. The van der Waals surface area contributed by atoms with Crippen LogP contribution in [0, 0.1) is 44.6 Å². The van der Waals surface area contributed by atoms with E-state index in [2.05, 4.69) is 0 Å². The quantitative estimate of drug-likeness (QED) is 0.353. The summed E-state index contributed by atoms with van der Waals surface area (Å²) >= 11 is 0. The first kappa shape index (κ1) is 24.1. The van der Waals surface area contributed by atoms with Gasteiger partial charge in [-0.2, -0.15) is 0 Å². The fourth-order valence-electron chi connectivity index (χ4n) is 8.62. The molecule has 0 aromatic heterocycles. The summed E-state index contributed by atoms with van der Waals surface area (Å²) < 4.78 is 22.1. The molecule has 0 saturated heterocycles. The minimum atomic E-state index is -1.98. The Bertz CT molecular complexity index is 1090. The van der Waals surface area contributed by atoms with Crippen molar-refractivity contribution in [3.8, 4) is 0 Å². The van der Waals surface area contributed by atoms with E-state index in [1.54, 1.807) is 19.9 Å². The number of halogens is 1. The lowest BCUT2D eigenvalue weighted by molar-refractivity contribution is -0.769. The number of rotatable bonds is 5. The number of aliphatic hydroxyl groups is 1. The highest BCUT2D eigenvalue weighted by Crippen LogP contribution is 2.82. The first-order valence-electron chi connectivity index (χ1n) is 12.2. The van der Waals surface area contributed by atoms with Gasteiger partial charge in [0.1, 0.15) is 17.4 Å². The number of Topliss-reactive ketones (excluding diaryl/α,β-unsaturated/α-hetero) is 1. The van der Waals surface area contributed by atoms with Crippen molar-refractivity contribution >= 4 is 17.5 Å². The molecule has 4 saturated carbocycles. The van der Waals surface area contributed by atoms with E-state index in [1.165, 1.54) is 12.2 Å². The molecule has 1 N–H and O–H groups in total. The van der Waals surface area contributed by atoms with Crippen molar-refractivity contribution in [2.45, 2.75) is 70.2 Å². The minimum Gasteiger partial charge on any atom is -0.458 e. The second-order valence-corrected chi connectivity index (χ2v) is 11.3. The van der Waals surface area contributed by atoms with Crippen LogP contribution < -0.4 is 0 Å². The molecule has 0 heterocycles. The van der Waals surface area contributed by atoms with Gasteiger partial charge < -0.3 is 14.7 Å². The van der Waals surface area contributed by atoms with Gasteiger partial charge in [0.25, 0.3) is 5.09 Å². The number of fused-ring (bicyclic) bond motifs is 2. The molecule has 35 heavy (non-hydrogen) atoms. The van der Waals surface area contributed by atoms with Gasteiger partial charge in [-0.1, -0.05) is 25.5 Å². The monoisotopic (exact) mass is 491 g/mol. The summed E-state index contributed by atoms with van der Waals surface area (Å²) in [5.74, 6) is -3.73. The van der Waals surface area contributed by atoms with Crippen molar-refractivity contribution < 1.29 is 38.5 Å². The van der Waals surface area contributed by atoms with Crippen LogP contribution >= 0.6 is 0 Å². The molecular formula is C25H30FNO8. The Kier molecular flexibility index (Phi) is 5.12. The van der Waals surface area contributed by atoms with Crippen LogP contribution in [0.2, 0.25) is 0 Å². The highest BCUT2D eigenvalue weighted by molar-refractivity contribution is 6.01. The zero-order valence-corrected chi connectivity index (χ0v) is 20.0. The molecule has 190 valence electrons. The van der Waals surface area contributed by atoms with E-state index in [-0.39, 0.29) is 18.6 Å². The van der Waals surface area contributed by atoms with Crippen LogP contribution in [0.1, 0.15) is 52.9 Å². The smallest absolute Gasteiger partial charge is 0.303 e. The third kappa shape index (κ3) is 2.92. The van der Waals surface area contributed by atoms with Gasteiger partial charge in [-0.25, -0.2) is 4.39 Å². The average molecular weight is 492 g/mol. The number of carbonyl (C=O) groups is 3. The van der Waals surface area contributed by atoms with Crippen LogP contribution in [0.3, 0.4) is 0 Å². The molecule has 1 spiro atoms. The topological polar surface area (TPSA) is 133 Å². The van der Waals surface area contributed by atoms with Crippen LogP contribution in [0.4, 0.5) is 4.39 Å². The normalized spacial score (nSPS) is 47.3. The predicted octanol–water partition coefficient (Wildman–Crippen LogP) is 2.68. The van der Waals surface area contributed by atoms with E-state index in [0.717, 1.165) is 6.92 Å². The summed E-state index contributed by atoms with van der Waals surface area (Å²) in [6, 6.07) is 0. The fraction of sp³-hybridized carbons (Fsp3) is 0.720. The lowest BCUT2D eigenvalue weighted by atomic mass is 9.57. The van der Waals surface area contributed by atoms with Gasteiger partial charge in [-0.15, -0.1) is 10.1 Å². The third-order valence-corrected chi connectivity index (χ3v) is 9.94. The van der Waals surface area contributed by atoms with E-state index in [0.29, 0.717) is 24.8 Å². The third-order valence-electron chi connectivity index (χ3n) is 9.94. The Morgan fingerprint density at radius 3 is 2.69 bits per heavy atom. The molecule has 5 rings (SSSR count). The Morgan fingerprint density at radius 2 is 2.03 bits per heavy atom. The number of hydrogen-bond donors (Lipinski definition) is 1. The Labute approximate surface area is 201 Å². The minimum absolute atomic E-state index is 0.0217. The second kappa shape index (κ2) is 7.44. The van der Waals surface area contributed by atoms with E-state index < -0.39 is 75.3 Å². The van der Waals surface area contributed by atoms with Gasteiger partial charge in [-0.3, -0.25) is 14.4 Å². The number of hydrogen-bond acceptors (Lipinski definition) is 8. The zero-order chi connectivity index (χ0) is 25.6. The Hall–Kier alpha value is -2.62. The average Bonchev–Trinajstić information content (AvgIpc) is 3.23. The van der Waals surface area contributed by atoms with Crippen molar-refractivity contribution in [1.82, 2.24) is 0 Å². The molecule has 2 unspecified atom stereocenters. The Balaban J connectivity index is 1.61. The molecule has 9 nitrogen and oxygen atoms in total. The van der Waals surface area contributed by atoms with Crippen LogP contribution in [-0.4, -0.2) is 51.7 Å². The summed E-state index contributed by atoms with van der Waals surface area (Å²) in [4.78, 5) is 53.1. The summed E-state index contributed by atoms with van der Waals surface area (Å²) in [6.07, 6.45) is 4.73. The van der Waals surface area contributed by atoms with Gasteiger partial charge in [-0.05, 0) is 62.0 Å². The van der Waals surface area contributed by atoms with E-state index in [1.807, 2.05) is 0 Å². The molecular weight excluding hydrogens is 461 g/mol. The first-order chi connectivity index (χ1) is 16.3. The lowest BCUT2D eigenvalue weighted by Crippen LogP contribution is -2.58. The van der Waals surface area contributed by atoms with E-state index in [4.69, 9.17) is 9.57 Å². The number of esters is 1. The molecule has 5 aliphatic rings. The van der Waals surface area contributed by atoms with Crippen molar-refractivity contribution in [1.29, 1.82) is 0 Å².